The second-order valence-corrected chi connectivity index (χ2v) is 3.36. The number of rotatable bonds is 5. The molecule has 0 aromatic carbocycles. The van der Waals surface area contributed by atoms with Crippen LogP contribution in [-0.2, 0) is 6.54 Å². The van der Waals surface area contributed by atoms with E-state index < -0.39 is 0 Å². The van der Waals surface area contributed by atoms with Gasteiger partial charge in [0.05, 0.1) is 5.69 Å². The van der Waals surface area contributed by atoms with Gasteiger partial charge in [0, 0.05) is 12.7 Å². The fourth-order valence-corrected chi connectivity index (χ4v) is 1.02. The van der Waals surface area contributed by atoms with E-state index in [9.17, 15) is 0 Å². The molecule has 3 heteroatoms. The van der Waals surface area contributed by atoms with Gasteiger partial charge in [-0.2, -0.15) is 10.2 Å². The Morgan fingerprint density at radius 3 is 3.00 bits per heavy atom. The maximum Gasteiger partial charge on any atom is 0.0768 e. The Balaban J connectivity index is 2.20. The SMILES string of the molecule is CCC(C)CNCc1cccnn1. The highest BCUT2D eigenvalue weighted by Gasteiger charge is 1.98. The predicted molar refractivity (Wildman–Crippen MR) is 53.2 cm³/mol. The first-order valence-electron chi connectivity index (χ1n) is 4.80. The van der Waals surface area contributed by atoms with Gasteiger partial charge in [-0.25, -0.2) is 0 Å². The summed E-state index contributed by atoms with van der Waals surface area (Å²) in [7, 11) is 0. The lowest BCUT2D eigenvalue weighted by Crippen LogP contribution is -2.20. The van der Waals surface area contributed by atoms with Crippen LogP contribution in [0.15, 0.2) is 18.3 Å². The van der Waals surface area contributed by atoms with Crippen molar-refractivity contribution >= 4 is 0 Å². The minimum atomic E-state index is 0.733. The zero-order chi connectivity index (χ0) is 9.52. The van der Waals surface area contributed by atoms with E-state index in [2.05, 4.69) is 29.4 Å². The van der Waals surface area contributed by atoms with E-state index in [1.54, 1.807) is 6.20 Å². The first kappa shape index (κ1) is 10.1. The molecule has 0 saturated heterocycles. The Morgan fingerprint density at radius 1 is 1.54 bits per heavy atom. The molecule has 0 spiro atoms. The maximum absolute atomic E-state index is 3.99. The number of hydrogen-bond donors (Lipinski definition) is 1. The average Bonchev–Trinajstić information content (AvgIpc) is 2.19. The summed E-state index contributed by atoms with van der Waals surface area (Å²) in [5, 5.41) is 11.2. The van der Waals surface area contributed by atoms with Crippen LogP contribution in [0.2, 0.25) is 0 Å². The van der Waals surface area contributed by atoms with Crippen LogP contribution in [0.4, 0.5) is 0 Å². The molecule has 1 atom stereocenters. The van der Waals surface area contributed by atoms with Gasteiger partial charge in [-0.1, -0.05) is 20.3 Å². The highest BCUT2D eigenvalue weighted by molar-refractivity contribution is 4.98. The van der Waals surface area contributed by atoms with Crippen LogP contribution < -0.4 is 5.32 Å². The standard InChI is InChI=1S/C10H17N3/c1-3-9(2)7-11-8-10-5-4-6-12-13-10/h4-6,9,11H,3,7-8H2,1-2H3. The number of nitrogens with one attached hydrogen (secondary N) is 1. The number of aromatic nitrogens is 2. The topological polar surface area (TPSA) is 37.8 Å². The smallest absolute Gasteiger partial charge is 0.0768 e. The van der Waals surface area contributed by atoms with Crippen LogP contribution in [0.25, 0.3) is 0 Å². The van der Waals surface area contributed by atoms with Crippen molar-refractivity contribution in [2.45, 2.75) is 26.8 Å². The minimum Gasteiger partial charge on any atom is -0.311 e. The van der Waals surface area contributed by atoms with Crippen molar-refractivity contribution in [2.24, 2.45) is 5.92 Å². The molecule has 1 rings (SSSR count). The number of nitrogens with zero attached hydrogens (tertiary/aromatic N) is 2. The zero-order valence-corrected chi connectivity index (χ0v) is 8.33. The van der Waals surface area contributed by atoms with E-state index in [4.69, 9.17) is 0 Å². The fourth-order valence-electron chi connectivity index (χ4n) is 1.02. The van der Waals surface area contributed by atoms with Gasteiger partial charge < -0.3 is 5.32 Å². The minimum absolute atomic E-state index is 0.733. The van der Waals surface area contributed by atoms with Gasteiger partial charge >= 0.3 is 0 Å². The van der Waals surface area contributed by atoms with Crippen LogP contribution in [0.3, 0.4) is 0 Å². The highest BCUT2D eigenvalue weighted by atomic mass is 15.1. The average molecular weight is 179 g/mol. The lowest BCUT2D eigenvalue weighted by atomic mass is 10.1. The maximum atomic E-state index is 3.99. The summed E-state index contributed by atoms with van der Waals surface area (Å²) in [6, 6.07) is 3.89. The van der Waals surface area contributed by atoms with Gasteiger partial charge in [0.1, 0.15) is 0 Å². The predicted octanol–water partition coefficient (Wildman–Crippen LogP) is 1.61. The third-order valence-corrected chi connectivity index (χ3v) is 2.12. The van der Waals surface area contributed by atoms with Crippen molar-refractivity contribution in [3.63, 3.8) is 0 Å². The lowest BCUT2D eigenvalue weighted by Gasteiger charge is -2.08. The van der Waals surface area contributed by atoms with Crippen LogP contribution in [0.1, 0.15) is 26.0 Å². The summed E-state index contributed by atoms with van der Waals surface area (Å²) in [4.78, 5) is 0. The molecule has 1 N–H and O–H groups in total. The molecule has 0 aliphatic carbocycles. The number of hydrogen-bond acceptors (Lipinski definition) is 3. The van der Waals surface area contributed by atoms with E-state index in [0.29, 0.717) is 0 Å². The molecular formula is C10H17N3. The third-order valence-electron chi connectivity index (χ3n) is 2.12. The summed E-state index contributed by atoms with van der Waals surface area (Å²) in [6.45, 7) is 6.31. The summed E-state index contributed by atoms with van der Waals surface area (Å²) >= 11 is 0. The van der Waals surface area contributed by atoms with Gasteiger partial charge in [0.15, 0.2) is 0 Å². The zero-order valence-electron chi connectivity index (χ0n) is 8.33. The van der Waals surface area contributed by atoms with Crippen LogP contribution in [0.5, 0.6) is 0 Å². The molecule has 3 nitrogen and oxygen atoms in total. The molecule has 1 heterocycles. The molecule has 0 aliphatic rings. The molecule has 0 aliphatic heterocycles. The van der Waals surface area contributed by atoms with E-state index in [0.717, 1.165) is 24.7 Å². The van der Waals surface area contributed by atoms with Crippen molar-refractivity contribution < 1.29 is 0 Å². The normalized spacial score (nSPS) is 12.8. The molecule has 1 unspecified atom stereocenters. The molecule has 0 saturated carbocycles. The second kappa shape index (κ2) is 5.65. The summed E-state index contributed by atoms with van der Waals surface area (Å²) in [6.07, 6.45) is 2.91. The molecule has 13 heavy (non-hydrogen) atoms. The molecule has 72 valence electrons. The first-order chi connectivity index (χ1) is 6.33. The van der Waals surface area contributed by atoms with Crippen molar-refractivity contribution in [2.75, 3.05) is 6.54 Å². The van der Waals surface area contributed by atoms with Crippen LogP contribution >= 0.6 is 0 Å². The highest BCUT2D eigenvalue weighted by Crippen LogP contribution is 1.98. The molecule has 0 amide bonds. The fraction of sp³-hybridized carbons (Fsp3) is 0.600. The largest absolute Gasteiger partial charge is 0.311 e. The molecule has 0 bridgehead atoms. The third kappa shape index (κ3) is 3.99. The Morgan fingerprint density at radius 2 is 2.38 bits per heavy atom. The Labute approximate surface area is 79.6 Å². The summed E-state index contributed by atoms with van der Waals surface area (Å²) < 4.78 is 0. The van der Waals surface area contributed by atoms with Crippen molar-refractivity contribution in [1.82, 2.24) is 15.5 Å². The van der Waals surface area contributed by atoms with Gasteiger partial charge in [-0.15, -0.1) is 0 Å². The van der Waals surface area contributed by atoms with Gasteiger partial charge in [-0.05, 0) is 24.6 Å². The second-order valence-electron chi connectivity index (χ2n) is 3.36. The van der Waals surface area contributed by atoms with Crippen molar-refractivity contribution in [3.05, 3.63) is 24.0 Å². The quantitative estimate of drug-likeness (QED) is 0.746. The van der Waals surface area contributed by atoms with Crippen LogP contribution in [-0.4, -0.2) is 16.7 Å². The summed E-state index contributed by atoms with van der Waals surface area (Å²) in [5.74, 6) is 0.733. The lowest BCUT2D eigenvalue weighted by molar-refractivity contribution is 0.496. The Bertz CT molecular complexity index is 223. The molecule has 0 fully saturated rings. The van der Waals surface area contributed by atoms with Gasteiger partial charge in [-0.3, -0.25) is 0 Å². The first-order valence-corrected chi connectivity index (χ1v) is 4.80. The summed E-state index contributed by atoms with van der Waals surface area (Å²) in [5.41, 5.74) is 1.01. The van der Waals surface area contributed by atoms with Crippen LogP contribution in [0, 0.1) is 5.92 Å². The molecular weight excluding hydrogens is 162 g/mol. The van der Waals surface area contributed by atoms with Crippen molar-refractivity contribution in [1.29, 1.82) is 0 Å². The van der Waals surface area contributed by atoms with Gasteiger partial charge in [0.2, 0.25) is 0 Å². The molecule has 1 aromatic rings. The van der Waals surface area contributed by atoms with Crippen molar-refractivity contribution in [3.8, 4) is 0 Å². The van der Waals surface area contributed by atoms with Gasteiger partial charge in [0.25, 0.3) is 0 Å². The van der Waals surface area contributed by atoms with E-state index >= 15 is 0 Å². The Kier molecular flexibility index (Phi) is 4.40. The Hall–Kier alpha value is -0.960. The van der Waals surface area contributed by atoms with E-state index in [-0.39, 0.29) is 0 Å². The van der Waals surface area contributed by atoms with E-state index in [1.807, 2.05) is 12.1 Å². The molecule has 1 aromatic heterocycles. The van der Waals surface area contributed by atoms with E-state index in [1.165, 1.54) is 6.42 Å². The monoisotopic (exact) mass is 179 g/mol. The molecule has 0 radical (unpaired) electrons.